The predicted octanol–water partition coefficient (Wildman–Crippen LogP) is 4.36. The second-order valence-corrected chi connectivity index (χ2v) is 12.0. The molecule has 3 aliphatic heterocycles. The Morgan fingerprint density at radius 2 is 2.09 bits per heavy atom. The lowest BCUT2D eigenvalue weighted by Crippen LogP contribution is -2.43. The fraction of sp³-hybridized carbons (Fsp3) is 0.394. The summed E-state index contributed by atoms with van der Waals surface area (Å²) in [5.74, 6) is 1.75. The molecule has 7 rings (SSSR count). The molecule has 238 valence electrons. The quantitative estimate of drug-likeness (QED) is 0.271. The van der Waals surface area contributed by atoms with Crippen LogP contribution in [-0.4, -0.2) is 88.6 Å². The Labute approximate surface area is 262 Å². The van der Waals surface area contributed by atoms with Gasteiger partial charge in [-0.15, -0.1) is 6.42 Å². The van der Waals surface area contributed by atoms with Gasteiger partial charge in [-0.3, -0.25) is 4.90 Å². The highest BCUT2D eigenvalue weighted by atomic mass is 19.1. The number of halogens is 2. The van der Waals surface area contributed by atoms with Crippen molar-refractivity contribution >= 4 is 33.6 Å². The van der Waals surface area contributed by atoms with E-state index in [0.717, 1.165) is 19.4 Å². The van der Waals surface area contributed by atoms with Crippen LogP contribution in [0.5, 0.6) is 11.8 Å². The summed E-state index contributed by atoms with van der Waals surface area (Å²) < 4.78 is 46.3. The van der Waals surface area contributed by atoms with Gasteiger partial charge in [-0.1, -0.05) is 12.0 Å². The molecule has 11 nitrogen and oxygen atoms in total. The minimum absolute atomic E-state index is 0.0325. The van der Waals surface area contributed by atoms with Crippen LogP contribution in [0.25, 0.3) is 33.0 Å². The molecule has 1 amide bonds. The molecule has 0 unspecified atom stereocenters. The Hall–Kier alpha value is -4.96. The number of ether oxygens (including phenoxy) is 2. The van der Waals surface area contributed by atoms with Gasteiger partial charge in [-0.2, -0.15) is 9.97 Å². The zero-order chi connectivity index (χ0) is 32.2. The van der Waals surface area contributed by atoms with E-state index in [1.165, 1.54) is 29.2 Å². The summed E-state index contributed by atoms with van der Waals surface area (Å²) in [5.41, 5.74) is -0.512. The molecule has 13 heteroatoms. The summed E-state index contributed by atoms with van der Waals surface area (Å²) in [5, 5.41) is 14.4. The topological polar surface area (TPSA) is 130 Å². The summed E-state index contributed by atoms with van der Waals surface area (Å²) in [6.45, 7) is 4.23. The smallest absolute Gasteiger partial charge is 0.409 e. The van der Waals surface area contributed by atoms with E-state index in [0.29, 0.717) is 37.1 Å². The summed E-state index contributed by atoms with van der Waals surface area (Å²) in [7, 11) is 0. The molecular weight excluding hydrogens is 600 g/mol. The molecular formula is C33H31F2N5O6. The predicted molar refractivity (Wildman–Crippen MR) is 165 cm³/mol. The number of aromatic hydroxyl groups is 1. The van der Waals surface area contributed by atoms with Gasteiger partial charge >= 0.3 is 17.7 Å². The van der Waals surface area contributed by atoms with Crippen LogP contribution in [0.3, 0.4) is 0 Å². The Morgan fingerprint density at radius 1 is 1.24 bits per heavy atom. The first-order valence-electron chi connectivity index (χ1n) is 15.1. The lowest BCUT2D eigenvalue weighted by molar-refractivity contribution is 0.107. The number of aromatic nitrogens is 2. The Bertz CT molecular complexity index is 1990. The number of alkyl halides is 1. The van der Waals surface area contributed by atoms with Gasteiger partial charge in [0.25, 0.3) is 0 Å². The number of aryl methyl sites for hydroxylation is 1. The van der Waals surface area contributed by atoms with Crippen molar-refractivity contribution in [3.63, 3.8) is 0 Å². The van der Waals surface area contributed by atoms with Crippen molar-refractivity contribution in [2.24, 2.45) is 0 Å². The molecule has 0 bridgehead atoms. The zero-order valence-electron chi connectivity index (χ0n) is 25.1. The number of hydrogen-bond acceptors (Lipinski definition) is 10. The molecule has 2 aromatic heterocycles. The van der Waals surface area contributed by atoms with E-state index in [9.17, 15) is 23.5 Å². The van der Waals surface area contributed by atoms with Gasteiger partial charge in [0.2, 0.25) is 0 Å². The van der Waals surface area contributed by atoms with Crippen molar-refractivity contribution in [1.82, 2.24) is 19.8 Å². The molecule has 46 heavy (non-hydrogen) atoms. The zero-order valence-corrected chi connectivity index (χ0v) is 25.1. The van der Waals surface area contributed by atoms with Crippen LogP contribution < -0.4 is 15.7 Å². The van der Waals surface area contributed by atoms with E-state index in [1.807, 2.05) is 0 Å². The minimum Gasteiger partial charge on any atom is -0.508 e. The number of cyclic esters (lactones) is 1. The number of hydrogen-bond donors (Lipinski definition) is 2. The minimum atomic E-state index is -0.944. The average molecular weight is 632 g/mol. The molecule has 0 aliphatic carbocycles. The highest BCUT2D eigenvalue weighted by molar-refractivity contribution is 6.03. The lowest BCUT2D eigenvalue weighted by Gasteiger charge is -2.30. The summed E-state index contributed by atoms with van der Waals surface area (Å²) in [6, 6.07) is 5.45. The average Bonchev–Trinajstić information content (AvgIpc) is 3.70. The largest absolute Gasteiger partial charge is 0.508 e. The van der Waals surface area contributed by atoms with Crippen LogP contribution in [-0.2, 0) is 4.74 Å². The molecule has 5 heterocycles. The molecule has 3 aliphatic rings. The van der Waals surface area contributed by atoms with E-state index in [4.69, 9.17) is 20.3 Å². The third-order valence-electron chi connectivity index (χ3n) is 9.17. The Balaban J connectivity index is 1.34. The number of carbonyl (C=O) groups is 1. The number of nitrogens with one attached hydrogen (secondary N) is 1. The number of benzene rings is 2. The maximum atomic E-state index is 14.8. The van der Waals surface area contributed by atoms with E-state index < -0.39 is 29.2 Å². The summed E-state index contributed by atoms with van der Waals surface area (Å²) in [6.07, 6.45) is 6.37. The van der Waals surface area contributed by atoms with Gasteiger partial charge in [0.05, 0.1) is 23.2 Å². The van der Waals surface area contributed by atoms with Gasteiger partial charge in [0.15, 0.2) is 0 Å². The fourth-order valence-corrected chi connectivity index (χ4v) is 7.01. The highest BCUT2D eigenvalue weighted by Gasteiger charge is 2.49. The van der Waals surface area contributed by atoms with Gasteiger partial charge < -0.3 is 29.2 Å². The van der Waals surface area contributed by atoms with Crippen molar-refractivity contribution in [3.05, 3.63) is 51.6 Å². The van der Waals surface area contributed by atoms with Gasteiger partial charge in [0, 0.05) is 42.6 Å². The summed E-state index contributed by atoms with van der Waals surface area (Å²) in [4.78, 5) is 38.4. The first-order chi connectivity index (χ1) is 22.2. The number of phenolic OH excluding ortho intramolecular Hbond substituents is 1. The van der Waals surface area contributed by atoms with Crippen molar-refractivity contribution in [1.29, 1.82) is 0 Å². The SMILES string of the molecule is C#Cc1c(F)ccc2cc(O)cc(-c3oc(=O)c4c(NCCN5CCOC5=O)nc(OC[C@@]56CCCN5C[C@H](F)C6)nc4c3C)c12. The van der Waals surface area contributed by atoms with Crippen molar-refractivity contribution in [2.45, 2.75) is 37.9 Å². The van der Waals surface area contributed by atoms with Crippen LogP contribution in [0.15, 0.2) is 33.5 Å². The number of carbonyl (C=O) groups excluding carboxylic acids is 1. The number of amides is 1. The normalized spacial score (nSPS) is 21.1. The van der Waals surface area contributed by atoms with E-state index in [2.05, 4.69) is 26.1 Å². The number of phenols is 1. The van der Waals surface area contributed by atoms with Gasteiger partial charge in [-0.05, 0) is 49.9 Å². The standard InChI is InChI=1S/C33H31F2N5O6/c1-3-22-24(35)6-5-19-13-21(41)14-23(25(19)22)28-18(2)27-26(30(42)46-28)29(36-8-10-39-11-12-44-32(39)43)38-31(37-27)45-17-33-7-4-9-40(33)16-20(34)15-33/h1,5-6,13-14,20,41H,4,7-12,15-17H2,2H3,(H,36,37,38)/t20-,33+/m1/s1. The molecule has 3 saturated heterocycles. The molecule has 4 aromatic rings. The third kappa shape index (κ3) is 5.02. The highest BCUT2D eigenvalue weighted by Crippen LogP contribution is 2.41. The molecule has 0 saturated carbocycles. The molecule has 2 aromatic carbocycles. The molecule has 2 N–H and O–H groups in total. The Morgan fingerprint density at radius 3 is 2.87 bits per heavy atom. The van der Waals surface area contributed by atoms with Crippen LogP contribution >= 0.6 is 0 Å². The van der Waals surface area contributed by atoms with Gasteiger partial charge in [0.1, 0.15) is 47.9 Å². The lowest BCUT2D eigenvalue weighted by atomic mass is 9.95. The first-order valence-corrected chi connectivity index (χ1v) is 15.1. The van der Waals surface area contributed by atoms with Crippen molar-refractivity contribution in [3.8, 4) is 35.4 Å². The second kappa shape index (κ2) is 11.4. The number of nitrogens with zero attached hydrogens (tertiary/aromatic N) is 4. The monoisotopic (exact) mass is 631 g/mol. The number of terminal acetylenes is 1. The van der Waals surface area contributed by atoms with Crippen LogP contribution in [0.2, 0.25) is 0 Å². The fourth-order valence-electron chi connectivity index (χ4n) is 7.01. The number of fused-ring (bicyclic) bond motifs is 3. The van der Waals surface area contributed by atoms with E-state index in [-0.39, 0.29) is 70.5 Å². The molecule has 0 radical (unpaired) electrons. The van der Waals surface area contributed by atoms with Gasteiger partial charge in [-0.25, -0.2) is 18.4 Å². The first kappa shape index (κ1) is 29.7. The maximum Gasteiger partial charge on any atom is 0.409 e. The second-order valence-electron chi connectivity index (χ2n) is 12.0. The Kier molecular flexibility index (Phi) is 7.39. The van der Waals surface area contributed by atoms with Crippen LogP contribution in [0.1, 0.15) is 30.4 Å². The summed E-state index contributed by atoms with van der Waals surface area (Å²) >= 11 is 0. The number of rotatable bonds is 8. The molecule has 0 spiro atoms. The molecule has 3 fully saturated rings. The van der Waals surface area contributed by atoms with Crippen molar-refractivity contribution < 1.29 is 32.6 Å². The van der Waals surface area contributed by atoms with Crippen molar-refractivity contribution in [2.75, 3.05) is 51.3 Å². The van der Waals surface area contributed by atoms with E-state index in [1.54, 1.807) is 6.92 Å². The van der Waals surface area contributed by atoms with Crippen LogP contribution in [0.4, 0.5) is 19.4 Å². The van der Waals surface area contributed by atoms with Crippen LogP contribution in [0, 0.1) is 25.1 Å². The van der Waals surface area contributed by atoms with E-state index >= 15 is 0 Å². The molecule has 2 atom stereocenters. The number of anilines is 1. The third-order valence-corrected chi connectivity index (χ3v) is 9.17. The maximum absolute atomic E-state index is 14.8.